The van der Waals surface area contributed by atoms with E-state index in [2.05, 4.69) is 6.92 Å². The van der Waals surface area contributed by atoms with Crippen LogP contribution in [0.1, 0.15) is 19.8 Å². The summed E-state index contributed by atoms with van der Waals surface area (Å²) >= 11 is 0. The van der Waals surface area contributed by atoms with Crippen LogP contribution in [-0.4, -0.2) is 38.1 Å². The molecule has 0 N–H and O–H groups in total. The molecule has 2 aliphatic heterocycles. The highest BCUT2D eigenvalue weighted by atomic mass is 16.6. The van der Waals surface area contributed by atoms with Gasteiger partial charge in [-0.2, -0.15) is 0 Å². The smallest absolute Gasteiger partial charge is 0.0916 e. The molecule has 0 spiro atoms. The van der Waals surface area contributed by atoms with Gasteiger partial charge in [0.25, 0.3) is 0 Å². The summed E-state index contributed by atoms with van der Waals surface area (Å²) < 4.78 is 16.6. The van der Waals surface area contributed by atoms with Crippen LogP contribution in [0.25, 0.3) is 0 Å². The number of rotatable bonds is 1. The monoisotopic (exact) mass is 172 g/mol. The lowest BCUT2D eigenvalue weighted by molar-refractivity contribution is -0.236. The van der Waals surface area contributed by atoms with Crippen molar-refractivity contribution in [2.45, 2.75) is 37.6 Å². The molecule has 0 amide bonds. The van der Waals surface area contributed by atoms with Crippen LogP contribution in [0.15, 0.2) is 0 Å². The van der Waals surface area contributed by atoms with Crippen molar-refractivity contribution in [1.29, 1.82) is 0 Å². The predicted octanol–water partition coefficient (Wildman–Crippen LogP) is 0.969. The normalized spacial score (nSPS) is 47.5. The molecular weight excluding hydrogens is 156 g/mol. The second-order valence-corrected chi connectivity index (χ2v) is 4.00. The molecule has 2 fully saturated rings. The molecule has 0 aromatic heterocycles. The van der Waals surface area contributed by atoms with E-state index in [9.17, 15) is 0 Å². The number of hydrogen-bond acceptors (Lipinski definition) is 3. The van der Waals surface area contributed by atoms with Gasteiger partial charge in [-0.25, -0.2) is 0 Å². The largest absolute Gasteiger partial charge is 0.381 e. The van der Waals surface area contributed by atoms with Crippen molar-refractivity contribution in [3.05, 3.63) is 0 Å². The van der Waals surface area contributed by atoms with Crippen LogP contribution in [0.4, 0.5) is 0 Å². The van der Waals surface area contributed by atoms with Gasteiger partial charge in [0.2, 0.25) is 0 Å². The van der Waals surface area contributed by atoms with Gasteiger partial charge in [-0.15, -0.1) is 0 Å². The van der Waals surface area contributed by atoms with Crippen molar-refractivity contribution >= 4 is 0 Å². The molecule has 0 radical (unpaired) electrons. The summed E-state index contributed by atoms with van der Waals surface area (Å²) in [5.41, 5.74) is -0.0954. The van der Waals surface area contributed by atoms with Crippen LogP contribution in [0.2, 0.25) is 0 Å². The van der Waals surface area contributed by atoms with Crippen LogP contribution in [0.3, 0.4) is 0 Å². The van der Waals surface area contributed by atoms with Crippen molar-refractivity contribution < 1.29 is 14.2 Å². The maximum atomic E-state index is 5.84. The summed E-state index contributed by atoms with van der Waals surface area (Å²) in [6.07, 6.45) is 2.55. The topological polar surface area (TPSA) is 27.7 Å². The van der Waals surface area contributed by atoms with Crippen LogP contribution >= 0.6 is 0 Å². The average molecular weight is 172 g/mol. The summed E-state index contributed by atoms with van der Waals surface area (Å²) in [5, 5.41) is 0. The van der Waals surface area contributed by atoms with E-state index in [0.717, 1.165) is 19.4 Å². The molecule has 0 aromatic carbocycles. The number of fused-ring (bicyclic) bond motifs is 2. The molecule has 2 saturated heterocycles. The number of methoxy groups -OCH3 is 1. The lowest BCUT2D eigenvalue weighted by atomic mass is 9.90. The molecule has 2 rings (SSSR count). The third-order valence-corrected chi connectivity index (χ3v) is 2.68. The Balaban J connectivity index is 2.05. The van der Waals surface area contributed by atoms with Crippen LogP contribution < -0.4 is 0 Å². The molecule has 2 heterocycles. The van der Waals surface area contributed by atoms with Crippen molar-refractivity contribution in [3.8, 4) is 0 Å². The zero-order valence-corrected chi connectivity index (χ0v) is 7.71. The molecule has 70 valence electrons. The fraction of sp³-hybridized carbons (Fsp3) is 1.00. The van der Waals surface area contributed by atoms with Gasteiger partial charge in [0.1, 0.15) is 0 Å². The van der Waals surface area contributed by atoms with Crippen LogP contribution in [0, 0.1) is 0 Å². The molecular formula is C9H16O3. The average Bonchev–Trinajstić information content (AvgIpc) is 2.02. The fourth-order valence-corrected chi connectivity index (χ4v) is 2.14. The Morgan fingerprint density at radius 1 is 1.50 bits per heavy atom. The minimum Gasteiger partial charge on any atom is -0.381 e. The maximum absolute atomic E-state index is 5.84. The molecule has 0 aliphatic carbocycles. The lowest BCUT2D eigenvalue weighted by Gasteiger charge is -2.45. The molecule has 0 saturated carbocycles. The minimum atomic E-state index is -0.0954. The summed E-state index contributed by atoms with van der Waals surface area (Å²) in [6.45, 7) is 3.54. The molecule has 3 heteroatoms. The molecule has 2 aliphatic rings. The first kappa shape index (κ1) is 8.48. The highest BCUT2D eigenvalue weighted by Crippen LogP contribution is 2.33. The maximum Gasteiger partial charge on any atom is 0.0916 e. The van der Waals surface area contributed by atoms with Gasteiger partial charge in [0.15, 0.2) is 0 Å². The van der Waals surface area contributed by atoms with E-state index in [4.69, 9.17) is 14.2 Å². The Morgan fingerprint density at radius 2 is 2.33 bits per heavy atom. The standard InChI is InChI=1S/C9H16O3/c1-9-4-7(10-2)3-8(12-9)5-11-6-9/h7-8H,3-6H2,1-2H3/t7?,8-,9+/m1/s1. The van der Waals surface area contributed by atoms with Gasteiger partial charge in [-0.3, -0.25) is 0 Å². The Bertz CT molecular complexity index is 171. The van der Waals surface area contributed by atoms with E-state index >= 15 is 0 Å². The van der Waals surface area contributed by atoms with Gasteiger partial charge in [0, 0.05) is 20.0 Å². The van der Waals surface area contributed by atoms with E-state index in [-0.39, 0.29) is 11.7 Å². The zero-order chi connectivity index (χ0) is 8.60. The van der Waals surface area contributed by atoms with Gasteiger partial charge in [-0.05, 0) is 6.92 Å². The molecule has 3 nitrogen and oxygen atoms in total. The van der Waals surface area contributed by atoms with E-state index in [1.54, 1.807) is 7.11 Å². The third-order valence-electron chi connectivity index (χ3n) is 2.68. The van der Waals surface area contributed by atoms with E-state index in [1.807, 2.05) is 0 Å². The van der Waals surface area contributed by atoms with Crippen LogP contribution in [0.5, 0.6) is 0 Å². The van der Waals surface area contributed by atoms with Crippen molar-refractivity contribution in [2.75, 3.05) is 20.3 Å². The third kappa shape index (κ3) is 1.49. The van der Waals surface area contributed by atoms with Crippen molar-refractivity contribution in [2.24, 2.45) is 0 Å². The Hall–Kier alpha value is -0.120. The lowest BCUT2D eigenvalue weighted by Crippen LogP contribution is -2.53. The van der Waals surface area contributed by atoms with E-state index in [0.29, 0.717) is 12.7 Å². The molecule has 0 aromatic rings. The SMILES string of the molecule is COC1C[C@@H]2COC[C@](C)(C1)O2. The first-order valence-electron chi connectivity index (χ1n) is 4.50. The van der Waals surface area contributed by atoms with Gasteiger partial charge in [-0.1, -0.05) is 0 Å². The minimum absolute atomic E-state index is 0.0954. The van der Waals surface area contributed by atoms with Gasteiger partial charge in [0.05, 0.1) is 31.0 Å². The fourth-order valence-electron chi connectivity index (χ4n) is 2.14. The summed E-state index contributed by atoms with van der Waals surface area (Å²) in [4.78, 5) is 0. The number of ether oxygens (including phenoxy) is 3. The zero-order valence-electron chi connectivity index (χ0n) is 7.71. The predicted molar refractivity (Wildman–Crippen MR) is 44.1 cm³/mol. The van der Waals surface area contributed by atoms with Crippen LogP contribution in [-0.2, 0) is 14.2 Å². The van der Waals surface area contributed by atoms with Crippen molar-refractivity contribution in [1.82, 2.24) is 0 Å². The van der Waals surface area contributed by atoms with Gasteiger partial charge >= 0.3 is 0 Å². The number of hydrogen-bond donors (Lipinski definition) is 0. The molecule has 3 atom stereocenters. The highest BCUT2D eigenvalue weighted by Gasteiger charge is 2.41. The Labute approximate surface area is 73.0 Å². The second kappa shape index (κ2) is 2.98. The van der Waals surface area contributed by atoms with E-state index < -0.39 is 0 Å². The summed E-state index contributed by atoms with van der Waals surface area (Å²) in [6, 6.07) is 0. The first-order valence-corrected chi connectivity index (χ1v) is 4.50. The van der Waals surface area contributed by atoms with E-state index in [1.165, 1.54) is 0 Å². The Kier molecular flexibility index (Phi) is 2.10. The van der Waals surface area contributed by atoms with Crippen molar-refractivity contribution in [3.63, 3.8) is 0 Å². The quantitative estimate of drug-likeness (QED) is 0.590. The highest BCUT2D eigenvalue weighted by molar-refractivity contribution is 4.90. The molecule has 12 heavy (non-hydrogen) atoms. The summed E-state index contributed by atoms with van der Waals surface area (Å²) in [5.74, 6) is 0. The molecule has 2 bridgehead atoms. The first-order chi connectivity index (χ1) is 5.72. The second-order valence-electron chi connectivity index (χ2n) is 4.00. The summed E-state index contributed by atoms with van der Waals surface area (Å²) in [7, 11) is 1.77. The molecule has 1 unspecified atom stereocenters. The van der Waals surface area contributed by atoms with Gasteiger partial charge < -0.3 is 14.2 Å². The Morgan fingerprint density at radius 3 is 3.00 bits per heavy atom.